The number of nitro groups is 1. The van der Waals surface area contributed by atoms with Gasteiger partial charge in [0.2, 0.25) is 0 Å². The van der Waals surface area contributed by atoms with Crippen molar-refractivity contribution in [1.29, 1.82) is 5.26 Å². The lowest BCUT2D eigenvalue weighted by molar-refractivity contribution is -0.384. The number of thiophene rings is 1. The van der Waals surface area contributed by atoms with Gasteiger partial charge in [0.1, 0.15) is 11.5 Å². The number of nitrogens with zero attached hydrogens (tertiary/aromatic N) is 4. The lowest BCUT2D eigenvalue weighted by Gasteiger charge is -2.44. The first-order valence-electron chi connectivity index (χ1n) is 11.3. The van der Waals surface area contributed by atoms with Crippen molar-refractivity contribution in [3.8, 4) is 6.07 Å². The molecule has 8 heteroatoms. The third kappa shape index (κ3) is 3.78. The molecule has 7 nitrogen and oxygen atoms in total. The molecule has 1 aromatic carbocycles. The van der Waals surface area contributed by atoms with Crippen LogP contribution in [-0.2, 0) is 4.79 Å². The fraction of sp³-hybridized carbons (Fsp3) is 0.259. The summed E-state index contributed by atoms with van der Waals surface area (Å²) in [5.74, 6) is -0.0283. The van der Waals surface area contributed by atoms with E-state index in [4.69, 9.17) is 0 Å². The van der Waals surface area contributed by atoms with Crippen LogP contribution < -0.4 is 4.90 Å². The molecule has 1 aliphatic heterocycles. The number of rotatable bonds is 4. The largest absolute Gasteiger partial charge is 0.309 e. The van der Waals surface area contributed by atoms with Crippen LogP contribution in [-0.4, -0.2) is 15.3 Å². The highest BCUT2D eigenvalue weighted by molar-refractivity contribution is 7.08. The van der Waals surface area contributed by atoms with Crippen LogP contribution in [0.5, 0.6) is 0 Å². The van der Waals surface area contributed by atoms with Gasteiger partial charge in [-0.25, -0.2) is 0 Å². The molecule has 0 unspecified atom stereocenters. The molecule has 3 aromatic rings. The summed E-state index contributed by atoms with van der Waals surface area (Å²) in [7, 11) is 0. The van der Waals surface area contributed by atoms with Crippen LogP contribution in [0, 0.1) is 33.8 Å². The van der Waals surface area contributed by atoms with Crippen LogP contribution in [0.25, 0.3) is 5.82 Å². The van der Waals surface area contributed by atoms with Gasteiger partial charge in [-0.1, -0.05) is 19.9 Å². The number of aryl methyl sites for hydroxylation is 1. The number of nitro benzene ring substituents is 1. The van der Waals surface area contributed by atoms with Crippen molar-refractivity contribution in [2.24, 2.45) is 5.41 Å². The lowest BCUT2D eigenvalue weighted by atomic mass is 9.69. The van der Waals surface area contributed by atoms with Crippen molar-refractivity contribution in [1.82, 2.24) is 4.57 Å². The molecule has 0 spiro atoms. The molecule has 2 aliphatic rings. The fourth-order valence-electron chi connectivity index (χ4n) is 5.20. The Balaban J connectivity index is 1.90. The van der Waals surface area contributed by atoms with Gasteiger partial charge in [-0.05, 0) is 64.9 Å². The quantitative estimate of drug-likeness (QED) is 0.315. The normalized spacial score (nSPS) is 19.5. The van der Waals surface area contributed by atoms with Crippen LogP contribution in [0.4, 0.5) is 11.4 Å². The van der Waals surface area contributed by atoms with E-state index in [0.717, 1.165) is 16.8 Å². The lowest BCUT2D eigenvalue weighted by Crippen LogP contribution is -2.40. The summed E-state index contributed by atoms with van der Waals surface area (Å²) < 4.78 is 1.82. The molecule has 35 heavy (non-hydrogen) atoms. The van der Waals surface area contributed by atoms with Crippen LogP contribution in [0.15, 0.2) is 76.4 Å². The average Bonchev–Trinajstić information content (AvgIpc) is 3.51. The van der Waals surface area contributed by atoms with Crippen LogP contribution >= 0.6 is 11.3 Å². The first-order valence-corrected chi connectivity index (χ1v) is 12.3. The van der Waals surface area contributed by atoms with Gasteiger partial charge < -0.3 is 4.57 Å². The van der Waals surface area contributed by atoms with Gasteiger partial charge in [-0.3, -0.25) is 19.8 Å². The molecule has 0 fully saturated rings. The predicted octanol–water partition coefficient (Wildman–Crippen LogP) is 6.41. The second-order valence-electron chi connectivity index (χ2n) is 9.82. The number of anilines is 1. The minimum absolute atomic E-state index is 0.0217. The van der Waals surface area contributed by atoms with Gasteiger partial charge in [0, 0.05) is 36.2 Å². The Morgan fingerprint density at radius 1 is 1.20 bits per heavy atom. The summed E-state index contributed by atoms with van der Waals surface area (Å²) in [6.07, 6.45) is 4.55. The van der Waals surface area contributed by atoms with Crippen molar-refractivity contribution in [2.45, 2.75) is 39.5 Å². The van der Waals surface area contributed by atoms with Crippen molar-refractivity contribution in [3.05, 3.63) is 97.6 Å². The number of nitriles is 1. The summed E-state index contributed by atoms with van der Waals surface area (Å²) in [6.45, 7) is 5.88. The number of hydrogen-bond acceptors (Lipinski definition) is 6. The van der Waals surface area contributed by atoms with Gasteiger partial charge in [-0.2, -0.15) is 16.6 Å². The Labute approximate surface area is 207 Å². The smallest absolute Gasteiger partial charge is 0.293 e. The van der Waals surface area contributed by atoms with Crippen LogP contribution in [0.2, 0.25) is 0 Å². The Kier molecular flexibility index (Phi) is 5.45. The van der Waals surface area contributed by atoms with Gasteiger partial charge in [0.05, 0.1) is 22.5 Å². The van der Waals surface area contributed by atoms with E-state index in [0.29, 0.717) is 35.5 Å². The minimum Gasteiger partial charge on any atom is -0.309 e. The predicted molar refractivity (Wildman–Crippen MR) is 136 cm³/mol. The highest BCUT2D eigenvalue weighted by Crippen LogP contribution is 2.53. The number of Topliss-reactive ketones (excluding diaryl/α,β-unsaturated/α-hetero) is 1. The molecule has 0 amide bonds. The molecule has 0 bridgehead atoms. The molecular formula is C27H24N4O3S. The second-order valence-corrected chi connectivity index (χ2v) is 10.6. The summed E-state index contributed by atoms with van der Waals surface area (Å²) >= 11 is 1.51. The maximum atomic E-state index is 13.7. The number of carbonyl (C=O) groups excluding carboxylic acids is 1. The zero-order valence-corrected chi connectivity index (χ0v) is 20.5. The van der Waals surface area contributed by atoms with Gasteiger partial charge in [0.25, 0.3) is 5.69 Å². The van der Waals surface area contributed by atoms with E-state index < -0.39 is 10.8 Å². The zero-order valence-electron chi connectivity index (χ0n) is 19.7. The average molecular weight is 485 g/mol. The molecule has 0 N–H and O–H groups in total. The summed E-state index contributed by atoms with van der Waals surface area (Å²) in [5, 5.41) is 26.6. The Morgan fingerprint density at radius 3 is 2.57 bits per heavy atom. The third-order valence-electron chi connectivity index (χ3n) is 6.61. The molecule has 0 radical (unpaired) electrons. The van der Waals surface area contributed by atoms with Crippen molar-refractivity contribution < 1.29 is 9.72 Å². The van der Waals surface area contributed by atoms with E-state index in [-0.39, 0.29) is 16.9 Å². The van der Waals surface area contributed by atoms with E-state index >= 15 is 0 Å². The van der Waals surface area contributed by atoms with Crippen LogP contribution in [0.1, 0.15) is 43.7 Å². The number of benzene rings is 1. The SMILES string of the molecule is Cc1ccc(N2C3=C(C(=O)CC(C)(C)C3)[C@H](c3ccsc3)C(C#N)=C2n2cccc2)c([N+](=O)[O-])c1. The van der Waals surface area contributed by atoms with Gasteiger partial charge in [-0.15, -0.1) is 0 Å². The highest BCUT2D eigenvalue weighted by Gasteiger charge is 2.46. The van der Waals surface area contributed by atoms with E-state index in [1.807, 2.05) is 65.8 Å². The topological polar surface area (TPSA) is 92.2 Å². The van der Waals surface area contributed by atoms with E-state index in [1.54, 1.807) is 17.9 Å². The van der Waals surface area contributed by atoms with Crippen molar-refractivity contribution in [2.75, 3.05) is 4.90 Å². The van der Waals surface area contributed by atoms with E-state index in [9.17, 15) is 20.2 Å². The Bertz CT molecular complexity index is 1440. The molecule has 0 saturated heterocycles. The maximum Gasteiger partial charge on any atom is 0.293 e. The zero-order chi connectivity index (χ0) is 24.9. The first kappa shape index (κ1) is 22.8. The van der Waals surface area contributed by atoms with Crippen LogP contribution in [0.3, 0.4) is 0 Å². The van der Waals surface area contributed by atoms with Crippen molar-refractivity contribution in [3.63, 3.8) is 0 Å². The van der Waals surface area contributed by atoms with E-state index in [2.05, 4.69) is 6.07 Å². The number of aromatic nitrogens is 1. The summed E-state index contributed by atoms with van der Waals surface area (Å²) in [4.78, 5) is 27.3. The molecule has 3 heterocycles. The molecule has 2 aromatic heterocycles. The fourth-order valence-corrected chi connectivity index (χ4v) is 5.88. The number of allylic oxidation sites excluding steroid dienone is 3. The molecule has 5 rings (SSSR count). The molecule has 1 atom stereocenters. The Hall–Kier alpha value is -3.96. The maximum absolute atomic E-state index is 13.7. The van der Waals surface area contributed by atoms with Crippen molar-refractivity contribution >= 4 is 34.3 Å². The minimum atomic E-state index is -0.525. The Morgan fingerprint density at radius 2 is 1.94 bits per heavy atom. The van der Waals surface area contributed by atoms with E-state index in [1.165, 1.54) is 17.4 Å². The number of hydrogen-bond donors (Lipinski definition) is 0. The molecular weight excluding hydrogens is 460 g/mol. The highest BCUT2D eigenvalue weighted by atomic mass is 32.1. The molecule has 176 valence electrons. The first-order chi connectivity index (χ1) is 16.7. The molecule has 1 aliphatic carbocycles. The third-order valence-corrected chi connectivity index (χ3v) is 7.31. The standard InChI is InChI=1S/C27H24N4O3S/c1-17-6-7-20(21(12-17)31(33)34)30-22-13-27(2,3)14-23(32)25(22)24(18-8-11-35-16-18)19(15-28)26(30)29-9-4-5-10-29/h4-12,16,24H,13-14H2,1-3H3/t24-/m1/s1. The van der Waals surface area contributed by atoms with Gasteiger partial charge >= 0.3 is 0 Å². The van der Waals surface area contributed by atoms with Gasteiger partial charge in [0.15, 0.2) is 5.78 Å². The number of carbonyl (C=O) groups is 1. The summed E-state index contributed by atoms with van der Waals surface area (Å²) in [5.41, 5.74) is 3.26. The second kappa shape index (κ2) is 8.36. The molecule has 0 saturated carbocycles. The number of ketones is 1. The summed E-state index contributed by atoms with van der Waals surface area (Å²) in [6, 6.07) is 13.1. The monoisotopic (exact) mass is 484 g/mol.